The van der Waals surface area contributed by atoms with Gasteiger partial charge < -0.3 is 27.9 Å². The second-order valence-electron chi connectivity index (χ2n) is 13.6. The van der Waals surface area contributed by atoms with Crippen molar-refractivity contribution in [1.29, 1.82) is 0 Å². The molecule has 0 saturated carbocycles. The van der Waals surface area contributed by atoms with E-state index in [1.165, 1.54) is 32.1 Å². The number of likely N-dealkylation sites (N-methyl/N-ethyl adjacent to an activating group) is 1. The van der Waals surface area contributed by atoms with E-state index >= 15 is 0 Å². The van der Waals surface area contributed by atoms with Crippen LogP contribution in [0.15, 0.2) is 36.5 Å². The van der Waals surface area contributed by atoms with E-state index in [0.717, 1.165) is 70.6 Å². The van der Waals surface area contributed by atoms with Gasteiger partial charge in [-0.15, -0.1) is 0 Å². The number of nitrogens with zero attached hydrogens (tertiary/aromatic N) is 1. The van der Waals surface area contributed by atoms with Crippen molar-refractivity contribution in [2.24, 2.45) is 0 Å². The van der Waals surface area contributed by atoms with Crippen LogP contribution in [0.5, 0.6) is 0 Å². The van der Waals surface area contributed by atoms with E-state index in [0.29, 0.717) is 23.9 Å². The lowest BCUT2D eigenvalue weighted by Crippen LogP contribution is -2.37. The highest BCUT2D eigenvalue weighted by molar-refractivity contribution is 7.45. The summed E-state index contributed by atoms with van der Waals surface area (Å²) in [6, 6.07) is 0. The zero-order valence-corrected chi connectivity index (χ0v) is 32.1. The molecule has 0 heterocycles. The number of ether oxygens (including phenoxy) is 2. The molecular weight excluding hydrogens is 629 g/mol. The number of hydrogen-bond acceptors (Lipinski definition) is 8. The Balaban J connectivity index is 4.44. The molecule has 0 saturated heterocycles. The third kappa shape index (κ3) is 34.1. The van der Waals surface area contributed by atoms with Crippen molar-refractivity contribution in [3.63, 3.8) is 0 Å². The van der Waals surface area contributed by atoms with Gasteiger partial charge in [0.25, 0.3) is 7.82 Å². The molecule has 0 amide bonds. The highest BCUT2D eigenvalue weighted by Gasteiger charge is 2.21. The Morgan fingerprint density at radius 1 is 0.667 bits per heavy atom. The number of hydrogen-bond donors (Lipinski definition) is 0. The van der Waals surface area contributed by atoms with Gasteiger partial charge in [-0.2, -0.15) is 0 Å². The third-order valence-corrected chi connectivity index (χ3v) is 8.64. The highest BCUT2D eigenvalue weighted by atomic mass is 31.2. The Morgan fingerprint density at radius 2 is 1.19 bits per heavy atom. The molecule has 2 atom stereocenters. The van der Waals surface area contributed by atoms with Crippen LogP contribution in [0.4, 0.5) is 0 Å². The Hall–Kier alpha value is -1.77. The van der Waals surface area contributed by atoms with E-state index in [1.54, 1.807) is 0 Å². The van der Waals surface area contributed by atoms with Gasteiger partial charge in [0.2, 0.25) is 0 Å². The second-order valence-corrected chi connectivity index (χ2v) is 15.0. The molecule has 0 rings (SSSR count). The molecule has 1 unspecified atom stereocenters. The van der Waals surface area contributed by atoms with E-state index in [2.05, 4.69) is 50.3 Å². The molecule has 280 valence electrons. The van der Waals surface area contributed by atoms with E-state index in [9.17, 15) is 19.0 Å². The summed E-state index contributed by atoms with van der Waals surface area (Å²) in [7, 11) is 1.15. The Bertz CT molecular complexity index is 928. The molecule has 0 bridgehead atoms. The standard InChI is InChI=1S/C38H70NO8P/c1-6-8-10-12-14-16-17-18-19-20-21-23-24-26-28-30-37(40)44-34-36(35-46-48(42,43)45-33-32-39(3,4)5)47-38(41)31-29-27-25-22-15-13-11-9-7-2/h8,10,14,16,18-19,36H,6-7,9,11-13,15,17,20-35H2,1-5H3/b10-8+,16-14+,19-18+/t36-/m0/s1. The van der Waals surface area contributed by atoms with Crippen molar-refractivity contribution in [2.75, 3.05) is 47.5 Å². The van der Waals surface area contributed by atoms with Crippen LogP contribution in [-0.2, 0) is 32.7 Å². The predicted octanol–water partition coefficient (Wildman–Crippen LogP) is 9.16. The molecule has 0 N–H and O–H groups in total. The minimum absolute atomic E-state index is 0.0337. The lowest BCUT2D eigenvalue weighted by molar-refractivity contribution is -0.870. The van der Waals surface area contributed by atoms with E-state index in [1.807, 2.05) is 21.1 Å². The van der Waals surface area contributed by atoms with Crippen molar-refractivity contribution in [2.45, 2.75) is 148 Å². The summed E-state index contributed by atoms with van der Waals surface area (Å²) in [4.78, 5) is 37.2. The van der Waals surface area contributed by atoms with Gasteiger partial charge in [0.05, 0.1) is 27.7 Å². The van der Waals surface area contributed by atoms with Crippen LogP contribution in [0, 0.1) is 0 Å². The second kappa shape index (κ2) is 31.2. The average molecular weight is 700 g/mol. The maximum atomic E-state index is 12.5. The van der Waals surface area contributed by atoms with Crippen molar-refractivity contribution in [1.82, 2.24) is 0 Å². The number of carbonyl (C=O) groups is 2. The first kappa shape index (κ1) is 46.2. The number of carbonyl (C=O) groups excluding carboxylic acids is 2. The predicted molar refractivity (Wildman–Crippen MR) is 194 cm³/mol. The Kier molecular flexibility index (Phi) is 30.1. The molecule has 0 spiro atoms. The van der Waals surface area contributed by atoms with Crippen molar-refractivity contribution in [3.8, 4) is 0 Å². The van der Waals surface area contributed by atoms with Crippen LogP contribution in [0.1, 0.15) is 142 Å². The number of quaternary nitrogens is 1. The first-order valence-corrected chi connectivity index (χ1v) is 20.2. The summed E-state index contributed by atoms with van der Waals surface area (Å²) in [5.74, 6) is -0.860. The zero-order valence-electron chi connectivity index (χ0n) is 31.2. The van der Waals surface area contributed by atoms with E-state index in [-0.39, 0.29) is 26.1 Å². The lowest BCUT2D eigenvalue weighted by Gasteiger charge is -2.28. The minimum Gasteiger partial charge on any atom is -0.756 e. The van der Waals surface area contributed by atoms with Gasteiger partial charge in [0.1, 0.15) is 19.8 Å². The number of allylic oxidation sites excluding steroid dienone is 6. The molecule has 0 aromatic heterocycles. The summed E-state index contributed by atoms with van der Waals surface area (Å²) in [5, 5.41) is 0. The van der Waals surface area contributed by atoms with Gasteiger partial charge in [-0.25, -0.2) is 0 Å². The first-order valence-electron chi connectivity index (χ1n) is 18.7. The SMILES string of the molecule is CC/C=C/C/C=C/C/C=C/CCCCCCCC(=O)OC[C@@H](COP(=O)([O-])OCC[N+](C)(C)C)OC(=O)CCCCCCCCCCC. The number of phosphoric acid groups is 1. The van der Waals surface area contributed by atoms with Crippen LogP contribution >= 0.6 is 7.82 Å². The first-order chi connectivity index (χ1) is 23.0. The van der Waals surface area contributed by atoms with Crippen LogP contribution in [0.2, 0.25) is 0 Å². The third-order valence-electron chi connectivity index (χ3n) is 7.67. The van der Waals surface area contributed by atoms with E-state index < -0.39 is 32.5 Å². The molecule has 0 aliphatic carbocycles. The van der Waals surface area contributed by atoms with Crippen LogP contribution in [0.25, 0.3) is 0 Å². The smallest absolute Gasteiger partial charge is 0.306 e. The zero-order chi connectivity index (χ0) is 35.8. The van der Waals surface area contributed by atoms with E-state index in [4.69, 9.17) is 18.5 Å². The monoisotopic (exact) mass is 699 g/mol. The largest absolute Gasteiger partial charge is 0.756 e. The van der Waals surface area contributed by atoms with Gasteiger partial charge in [0, 0.05) is 12.8 Å². The minimum atomic E-state index is -4.61. The highest BCUT2D eigenvalue weighted by Crippen LogP contribution is 2.38. The molecular formula is C38H70NO8P. The average Bonchev–Trinajstić information content (AvgIpc) is 3.02. The summed E-state index contributed by atoms with van der Waals surface area (Å²) in [6.07, 6.45) is 31.8. The summed E-state index contributed by atoms with van der Waals surface area (Å²) in [6.45, 7) is 4.04. The van der Waals surface area contributed by atoms with Gasteiger partial charge in [-0.1, -0.05) is 121 Å². The molecule has 48 heavy (non-hydrogen) atoms. The number of phosphoric ester groups is 1. The fraction of sp³-hybridized carbons (Fsp3) is 0.789. The molecule has 0 aromatic rings. The molecule has 0 fully saturated rings. The maximum Gasteiger partial charge on any atom is 0.306 e. The molecule has 10 heteroatoms. The number of unbranched alkanes of at least 4 members (excludes halogenated alkanes) is 13. The summed E-state index contributed by atoms with van der Waals surface area (Å²) < 4.78 is 33.7. The molecule has 0 radical (unpaired) electrons. The summed E-state index contributed by atoms with van der Waals surface area (Å²) >= 11 is 0. The Morgan fingerprint density at radius 3 is 1.77 bits per heavy atom. The number of esters is 2. The number of rotatable bonds is 33. The maximum absolute atomic E-state index is 12.5. The fourth-order valence-corrected chi connectivity index (χ4v) is 5.45. The van der Waals surface area contributed by atoms with Crippen LogP contribution < -0.4 is 4.89 Å². The Labute approximate surface area is 293 Å². The fourth-order valence-electron chi connectivity index (χ4n) is 4.73. The van der Waals surface area contributed by atoms with Gasteiger partial charge in [-0.3, -0.25) is 14.2 Å². The topological polar surface area (TPSA) is 111 Å². The molecule has 0 aliphatic rings. The van der Waals surface area contributed by atoms with Crippen molar-refractivity contribution in [3.05, 3.63) is 36.5 Å². The van der Waals surface area contributed by atoms with Gasteiger partial charge in [0.15, 0.2) is 6.10 Å². The van der Waals surface area contributed by atoms with Crippen LogP contribution in [-0.4, -0.2) is 70.0 Å². The normalized spacial score (nSPS) is 14.2. The van der Waals surface area contributed by atoms with Gasteiger partial charge >= 0.3 is 11.9 Å². The summed E-state index contributed by atoms with van der Waals surface area (Å²) in [5.41, 5.74) is 0. The van der Waals surface area contributed by atoms with Gasteiger partial charge in [-0.05, 0) is 44.9 Å². The lowest BCUT2D eigenvalue weighted by atomic mass is 10.1. The van der Waals surface area contributed by atoms with Crippen molar-refractivity contribution >= 4 is 19.8 Å². The quantitative estimate of drug-likeness (QED) is 0.0219. The van der Waals surface area contributed by atoms with Crippen molar-refractivity contribution < 1.29 is 42.1 Å². The molecule has 0 aromatic carbocycles. The van der Waals surface area contributed by atoms with Crippen LogP contribution in [0.3, 0.4) is 0 Å². The molecule has 9 nitrogen and oxygen atoms in total. The molecule has 0 aliphatic heterocycles.